The zero-order chi connectivity index (χ0) is 12.1. The Kier molecular flexibility index (Phi) is 13.0. The van der Waals surface area contributed by atoms with Crippen molar-refractivity contribution in [3.63, 3.8) is 0 Å². The summed E-state index contributed by atoms with van der Waals surface area (Å²) in [5.74, 6) is 0. The van der Waals surface area contributed by atoms with Crippen LogP contribution < -0.4 is 0 Å². The maximum atomic E-state index is 10.8. The molecule has 0 fully saturated rings. The molecule has 0 unspecified atom stereocenters. The van der Waals surface area contributed by atoms with Gasteiger partial charge in [0.1, 0.15) is 0 Å². The summed E-state index contributed by atoms with van der Waals surface area (Å²) in [6.07, 6.45) is 0. The Morgan fingerprint density at radius 1 is 1.29 bits per heavy atom. The first-order valence-corrected chi connectivity index (χ1v) is 6.41. The molecule has 0 amide bonds. The van der Waals surface area contributed by atoms with Gasteiger partial charge in [-0.25, -0.2) is 8.42 Å². The van der Waals surface area contributed by atoms with Crippen LogP contribution in [-0.2, 0) is 41.8 Å². The van der Waals surface area contributed by atoms with Crippen LogP contribution in [0, 0.1) is 17.5 Å². The second kappa shape index (κ2) is 9.94. The number of halogens is 1. The molecule has 0 aliphatic heterocycles. The number of hydrogen-bond acceptors (Lipinski definition) is 4. The SMILES string of the molecule is CC.O=[N+]([O-])c1cccc(S(=O)(=O)Cl)c1.[CH3-].[Y]. The smallest absolute Gasteiger partial charge is 0.270 e. The predicted molar refractivity (Wildman–Crippen MR) is 63.9 cm³/mol. The third-order valence-corrected chi connectivity index (χ3v) is 2.66. The van der Waals surface area contributed by atoms with Crippen LogP contribution in [0.25, 0.3) is 0 Å². The fourth-order valence-electron chi connectivity index (χ4n) is 0.749. The van der Waals surface area contributed by atoms with E-state index in [2.05, 4.69) is 0 Å². The molecule has 0 aromatic heterocycles. The molecule has 1 aromatic rings. The van der Waals surface area contributed by atoms with Crippen LogP contribution in [0.5, 0.6) is 0 Å². The molecular weight excluding hydrogens is 343 g/mol. The third kappa shape index (κ3) is 7.81. The Hall–Kier alpha value is -0.0361. The monoisotopic (exact) mass is 355 g/mol. The number of rotatable bonds is 2. The van der Waals surface area contributed by atoms with Crippen molar-refractivity contribution in [1.82, 2.24) is 0 Å². The van der Waals surface area contributed by atoms with Gasteiger partial charge in [-0.15, -0.1) is 0 Å². The number of nitro groups is 1. The molecule has 0 N–H and O–H groups in total. The van der Waals surface area contributed by atoms with Crippen molar-refractivity contribution in [3.05, 3.63) is 41.8 Å². The molecule has 0 saturated carbocycles. The largest absolute Gasteiger partial charge is 0.358 e. The van der Waals surface area contributed by atoms with Crippen molar-refractivity contribution in [1.29, 1.82) is 0 Å². The van der Waals surface area contributed by atoms with Crippen LogP contribution in [0.4, 0.5) is 5.69 Å². The van der Waals surface area contributed by atoms with Crippen molar-refractivity contribution >= 4 is 25.4 Å². The topological polar surface area (TPSA) is 77.3 Å². The summed E-state index contributed by atoms with van der Waals surface area (Å²) in [5.41, 5.74) is -0.304. The second-order valence-electron chi connectivity index (χ2n) is 2.19. The van der Waals surface area contributed by atoms with E-state index in [0.717, 1.165) is 6.07 Å². The van der Waals surface area contributed by atoms with E-state index in [1.54, 1.807) is 0 Å². The fraction of sp³-hybridized carbons (Fsp3) is 0.222. The van der Waals surface area contributed by atoms with Crippen LogP contribution in [0.1, 0.15) is 13.8 Å². The van der Waals surface area contributed by atoms with Crippen molar-refractivity contribution in [2.24, 2.45) is 0 Å². The van der Waals surface area contributed by atoms with Crippen LogP contribution in [-0.4, -0.2) is 13.3 Å². The molecular formula is C9H13ClNO4SY-. The normalized spacial score (nSPS) is 8.88. The van der Waals surface area contributed by atoms with Crippen LogP contribution in [0.3, 0.4) is 0 Å². The van der Waals surface area contributed by atoms with E-state index in [-0.39, 0.29) is 50.7 Å². The Labute approximate surface area is 131 Å². The van der Waals surface area contributed by atoms with E-state index < -0.39 is 14.0 Å². The van der Waals surface area contributed by atoms with Crippen molar-refractivity contribution in [2.75, 3.05) is 0 Å². The van der Waals surface area contributed by atoms with Gasteiger partial charge in [0.15, 0.2) is 0 Å². The summed E-state index contributed by atoms with van der Waals surface area (Å²) in [6.45, 7) is 4.00. The van der Waals surface area contributed by atoms with Gasteiger partial charge in [0.2, 0.25) is 0 Å². The molecule has 0 spiro atoms. The molecule has 0 aliphatic rings. The molecule has 1 aromatic carbocycles. The fourth-order valence-corrected chi connectivity index (χ4v) is 1.54. The zero-order valence-electron chi connectivity index (χ0n) is 9.75. The Balaban J connectivity index is -0.000000464. The average molecular weight is 356 g/mol. The predicted octanol–water partition coefficient (Wildman–Crippen LogP) is 3.00. The molecule has 95 valence electrons. The van der Waals surface area contributed by atoms with Gasteiger partial charge in [-0.05, 0) is 6.07 Å². The minimum Gasteiger partial charge on any atom is -0.358 e. The van der Waals surface area contributed by atoms with Crippen molar-refractivity contribution in [3.8, 4) is 0 Å². The number of benzene rings is 1. The second-order valence-corrected chi connectivity index (χ2v) is 4.76. The van der Waals surface area contributed by atoms with E-state index in [0.29, 0.717) is 0 Å². The van der Waals surface area contributed by atoms with Crippen molar-refractivity contribution in [2.45, 2.75) is 18.7 Å². The van der Waals surface area contributed by atoms with Crippen LogP contribution in [0.2, 0.25) is 0 Å². The van der Waals surface area contributed by atoms with E-state index in [1.807, 2.05) is 13.8 Å². The summed E-state index contributed by atoms with van der Waals surface area (Å²) in [6, 6.07) is 4.54. The molecule has 17 heavy (non-hydrogen) atoms. The molecule has 8 heteroatoms. The first-order chi connectivity index (χ1) is 6.91. The standard InChI is InChI=1S/C6H4ClNO4S.C2H6.CH3.Y/c7-13(11,12)6-3-1-2-5(4-6)8(9)10;1-2;;/h1-4H;1-2H3;1H3;/q;;-1;. The summed E-state index contributed by atoms with van der Waals surface area (Å²) < 4.78 is 21.5. The molecule has 0 atom stereocenters. The van der Waals surface area contributed by atoms with Gasteiger partial charge in [0.25, 0.3) is 14.7 Å². The Bertz CT molecular complexity index is 450. The minimum atomic E-state index is -3.89. The quantitative estimate of drug-likeness (QED) is 0.353. The number of non-ortho nitro benzene ring substituents is 1. The average Bonchev–Trinajstić information content (AvgIpc) is 2.20. The molecule has 0 heterocycles. The van der Waals surface area contributed by atoms with E-state index in [9.17, 15) is 18.5 Å². The van der Waals surface area contributed by atoms with E-state index >= 15 is 0 Å². The maximum Gasteiger partial charge on any atom is 0.270 e. The van der Waals surface area contributed by atoms with Gasteiger partial charge >= 0.3 is 0 Å². The zero-order valence-corrected chi connectivity index (χ0v) is 14.2. The summed E-state index contributed by atoms with van der Waals surface area (Å²) in [7, 11) is 1.09. The number of nitro benzene ring substituents is 1. The first-order valence-electron chi connectivity index (χ1n) is 4.10. The molecule has 1 radical (unpaired) electrons. The first kappa shape index (κ1) is 22.2. The van der Waals surface area contributed by atoms with Gasteiger partial charge in [-0.3, -0.25) is 10.1 Å². The number of nitrogens with zero attached hydrogens (tertiary/aromatic N) is 1. The van der Waals surface area contributed by atoms with Crippen molar-refractivity contribution < 1.29 is 46.1 Å². The van der Waals surface area contributed by atoms with E-state index in [1.165, 1.54) is 18.2 Å². The summed E-state index contributed by atoms with van der Waals surface area (Å²) in [4.78, 5) is 9.28. The number of hydrogen-bond donors (Lipinski definition) is 0. The van der Waals surface area contributed by atoms with Crippen LogP contribution in [0.15, 0.2) is 29.2 Å². The van der Waals surface area contributed by atoms with Gasteiger partial charge in [0.05, 0.1) is 9.82 Å². The van der Waals surface area contributed by atoms with Gasteiger partial charge < -0.3 is 7.43 Å². The third-order valence-electron chi connectivity index (χ3n) is 1.31. The molecule has 1 rings (SSSR count). The minimum absolute atomic E-state index is 0. The molecule has 0 saturated heterocycles. The summed E-state index contributed by atoms with van der Waals surface area (Å²) >= 11 is 0. The Morgan fingerprint density at radius 3 is 2.12 bits per heavy atom. The van der Waals surface area contributed by atoms with Crippen LogP contribution >= 0.6 is 10.7 Å². The molecule has 0 bridgehead atoms. The molecule has 0 aliphatic carbocycles. The molecule has 5 nitrogen and oxygen atoms in total. The van der Waals surface area contributed by atoms with Gasteiger partial charge in [0, 0.05) is 55.5 Å². The van der Waals surface area contributed by atoms with Gasteiger partial charge in [-0.1, -0.05) is 19.9 Å². The Morgan fingerprint density at radius 2 is 1.76 bits per heavy atom. The van der Waals surface area contributed by atoms with Gasteiger partial charge in [-0.2, -0.15) is 0 Å². The summed E-state index contributed by atoms with van der Waals surface area (Å²) in [5, 5.41) is 10.2. The maximum absolute atomic E-state index is 10.8. The van der Waals surface area contributed by atoms with E-state index in [4.69, 9.17) is 10.7 Å².